The van der Waals surface area contributed by atoms with E-state index in [1.54, 1.807) is 35.2 Å². The molecule has 178 valence electrons. The molecule has 3 atom stereocenters. The molecule has 1 N–H and O–H groups in total. The van der Waals surface area contributed by atoms with Crippen LogP contribution in [0.1, 0.15) is 34.7 Å². The van der Waals surface area contributed by atoms with Gasteiger partial charge in [0.2, 0.25) is 5.91 Å². The minimum Gasteiger partial charge on any atom is -0.342 e. The van der Waals surface area contributed by atoms with Gasteiger partial charge >= 0.3 is 0 Å². The van der Waals surface area contributed by atoms with Gasteiger partial charge in [0.05, 0.1) is 16.0 Å². The average molecular weight is 531 g/mol. The molecule has 9 heteroatoms. The van der Waals surface area contributed by atoms with Crippen LogP contribution in [0.15, 0.2) is 42.5 Å². The molecule has 5 nitrogen and oxygen atoms in total. The molecule has 2 aliphatic rings. The molecule has 33 heavy (non-hydrogen) atoms. The van der Waals surface area contributed by atoms with E-state index in [0.717, 1.165) is 25.1 Å². The molecule has 0 bridgehead atoms. The molecule has 2 aliphatic heterocycles. The molecule has 2 heterocycles. The molecule has 0 radical (unpaired) electrons. The highest BCUT2D eigenvalue weighted by Gasteiger charge is 2.38. The van der Waals surface area contributed by atoms with Crippen LogP contribution in [-0.4, -0.2) is 60.9 Å². The van der Waals surface area contributed by atoms with Crippen LogP contribution in [0.4, 0.5) is 0 Å². The number of likely N-dealkylation sites (tertiary alicyclic amines) is 1. The molecule has 4 rings (SSSR count). The fraction of sp³-hybridized carbons (Fsp3) is 0.417. The number of carbonyl (C=O) groups is 2. The zero-order chi connectivity index (χ0) is 22.8. The number of benzene rings is 2. The number of carbonyl (C=O) groups excluding carboxylic acids is 2. The fourth-order valence-electron chi connectivity index (χ4n) is 4.74. The lowest BCUT2D eigenvalue weighted by Gasteiger charge is -2.43. The van der Waals surface area contributed by atoms with Crippen molar-refractivity contribution in [3.8, 4) is 0 Å². The summed E-state index contributed by atoms with van der Waals surface area (Å²) in [5.74, 6) is 0.0641. The van der Waals surface area contributed by atoms with E-state index in [1.165, 1.54) is 0 Å². The largest absolute Gasteiger partial charge is 0.342 e. The number of rotatable bonds is 4. The van der Waals surface area contributed by atoms with Crippen molar-refractivity contribution in [1.29, 1.82) is 0 Å². The van der Waals surface area contributed by atoms with Crippen LogP contribution >= 0.6 is 47.2 Å². The summed E-state index contributed by atoms with van der Waals surface area (Å²) < 4.78 is 0. The molecule has 2 aromatic carbocycles. The number of hydrogen-bond donors (Lipinski definition) is 1. The summed E-state index contributed by atoms with van der Waals surface area (Å²) in [4.78, 5) is 30.1. The Morgan fingerprint density at radius 3 is 2.39 bits per heavy atom. The maximum absolute atomic E-state index is 13.2. The fourth-order valence-corrected chi connectivity index (χ4v) is 5.18. The Hall–Kier alpha value is -1.50. The summed E-state index contributed by atoms with van der Waals surface area (Å²) in [7, 11) is 1.82. The normalized spacial score (nSPS) is 22.5. The van der Waals surface area contributed by atoms with Crippen molar-refractivity contribution in [1.82, 2.24) is 15.1 Å². The minimum absolute atomic E-state index is 0. The van der Waals surface area contributed by atoms with Crippen LogP contribution in [-0.2, 0) is 4.79 Å². The standard InChI is InChI=1S/C24H26Cl3N3O2.ClH/c1-29(23(31)15-2-5-18(25)6-3-15)22-9-11-30(24(32)17-8-10-28-13-17)14-19(22)16-4-7-20(26)21(27)12-16;/h2-7,12,17,19,22,28H,8-11,13-14H2,1H3;1H/t17-,19+,22-;/m1./s1. The Morgan fingerprint density at radius 2 is 1.76 bits per heavy atom. The van der Waals surface area contributed by atoms with Crippen molar-refractivity contribution in [3.05, 3.63) is 68.7 Å². The van der Waals surface area contributed by atoms with E-state index < -0.39 is 0 Å². The maximum atomic E-state index is 13.2. The van der Waals surface area contributed by atoms with Gasteiger partial charge in [-0.3, -0.25) is 9.59 Å². The van der Waals surface area contributed by atoms with Crippen molar-refractivity contribution >= 4 is 59.0 Å². The number of halogens is 4. The van der Waals surface area contributed by atoms with E-state index >= 15 is 0 Å². The monoisotopic (exact) mass is 529 g/mol. The van der Waals surface area contributed by atoms with E-state index in [1.807, 2.05) is 24.1 Å². The van der Waals surface area contributed by atoms with Crippen molar-refractivity contribution in [2.45, 2.75) is 24.8 Å². The zero-order valence-electron chi connectivity index (χ0n) is 18.3. The van der Waals surface area contributed by atoms with Crippen molar-refractivity contribution in [2.75, 3.05) is 33.2 Å². The summed E-state index contributed by atoms with van der Waals surface area (Å²) in [6.07, 6.45) is 1.55. The topological polar surface area (TPSA) is 52.7 Å². The van der Waals surface area contributed by atoms with Gasteiger partial charge < -0.3 is 15.1 Å². The third-order valence-electron chi connectivity index (χ3n) is 6.58. The summed E-state index contributed by atoms with van der Waals surface area (Å²) in [5.41, 5.74) is 1.56. The first-order valence-electron chi connectivity index (χ1n) is 10.8. The summed E-state index contributed by atoms with van der Waals surface area (Å²) in [5, 5.41) is 4.82. The lowest BCUT2D eigenvalue weighted by atomic mass is 9.84. The number of amides is 2. The van der Waals surface area contributed by atoms with Crippen molar-refractivity contribution < 1.29 is 9.59 Å². The Morgan fingerprint density at radius 1 is 1.03 bits per heavy atom. The van der Waals surface area contributed by atoms with Gasteiger partial charge in [-0.05, 0) is 61.3 Å². The lowest BCUT2D eigenvalue weighted by Crippen LogP contribution is -2.53. The second-order valence-corrected chi connectivity index (χ2v) is 9.78. The second kappa shape index (κ2) is 11.3. The number of likely N-dealkylation sites (N-methyl/N-ethyl adjacent to an activating group) is 1. The molecule has 0 saturated carbocycles. The van der Waals surface area contributed by atoms with E-state index in [4.69, 9.17) is 34.8 Å². The summed E-state index contributed by atoms with van der Waals surface area (Å²) in [6.45, 7) is 2.76. The smallest absolute Gasteiger partial charge is 0.253 e. The molecule has 2 fully saturated rings. The summed E-state index contributed by atoms with van der Waals surface area (Å²) >= 11 is 18.5. The van der Waals surface area contributed by atoms with Gasteiger partial charge in [0.1, 0.15) is 0 Å². The summed E-state index contributed by atoms with van der Waals surface area (Å²) in [6, 6.07) is 12.4. The number of nitrogens with one attached hydrogen (secondary N) is 1. The van der Waals surface area contributed by atoms with E-state index in [9.17, 15) is 9.59 Å². The molecule has 0 spiro atoms. The first kappa shape index (κ1) is 26.1. The molecular formula is C24H27Cl4N3O2. The van der Waals surface area contributed by atoms with Gasteiger partial charge in [-0.25, -0.2) is 0 Å². The molecule has 0 aliphatic carbocycles. The van der Waals surface area contributed by atoms with Gasteiger partial charge in [0.25, 0.3) is 5.91 Å². The molecule has 0 unspecified atom stereocenters. The first-order chi connectivity index (χ1) is 15.3. The van der Waals surface area contributed by atoms with Gasteiger partial charge in [-0.2, -0.15) is 0 Å². The predicted molar refractivity (Wildman–Crippen MR) is 136 cm³/mol. The SMILES string of the molecule is CN(C(=O)c1ccc(Cl)cc1)[C@@H]1CCN(C(=O)[C@@H]2CCNC2)C[C@H]1c1ccc(Cl)c(Cl)c1.Cl. The van der Waals surface area contributed by atoms with Crippen LogP contribution in [0, 0.1) is 5.92 Å². The molecule has 2 saturated heterocycles. The zero-order valence-corrected chi connectivity index (χ0v) is 21.4. The Balaban J connectivity index is 0.00000306. The van der Waals surface area contributed by atoms with Gasteiger partial charge in [-0.1, -0.05) is 40.9 Å². The third kappa shape index (κ3) is 5.77. The highest BCUT2D eigenvalue weighted by molar-refractivity contribution is 6.42. The van der Waals surface area contributed by atoms with Gasteiger partial charge in [0.15, 0.2) is 0 Å². The second-order valence-electron chi connectivity index (χ2n) is 8.53. The quantitative estimate of drug-likeness (QED) is 0.595. The number of piperidine rings is 1. The maximum Gasteiger partial charge on any atom is 0.253 e. The molecule has 2 aromatic rings. The van der Waals surface area contributed by atoms with Crippen LogP contribution < -0.4 is 5.32 Å². The van der Waals surface area contributed by atoms with Crippen LogP contribution in [0.25, 0.3) is 0 Å². The van der Waals surface area contributed by atoms with Crippen LogP contribution in [0.5, 0.6) is 0 Å². The Bertz CT molecular complexity index is 996. The first-order valence-corrected chi connectivity index (χ1v) is 12.0. The highest BCUT2D eigenvalue weighted by atomic mass is 35.5. The Kier molecular flexibility index (Phi) is 8.93. The van der Waals surface area contributed by atoms with E-state index in [0.29, 0.717) is 40.1 Å². The average Bonchev–Trinajstić information content (AvgIpc) is 3.34. The predicted octanol–water partition coefficient (Wildman–Crippen LogP) is 5.13. The molecule has 0 aromatic heterocycles. The minimum atomic E-state index is -0.0822. The highest BCUT2D eigenvalue weighted by Crippen LogP contribution is 2.35. The van der Waals surface area contributed by atoms with Gasteiger partial charge in [0, 0.05) is 49.2 Å². The van der Waals surface area contributed by atoms with Crippen molar-refractivity contribution in [3.63, 3.8) is 0 Å². The van der Waals surface area contributed by atoms with Crippen LogP contribution in [0.3, 0.4) is 0 Å². The Labute approximate surface area is 215 Å². The van der Waals surface area contributed by atoms with Crippen molar-refractivity contribution in [2.24, 2.45) is 5.92 Å². The van der Waals surface area contributed by atoms with Crippen LogP contribution in [0.2, 0.25) is 15.1 Å². The lowest BCUT2D eigenvalue weighted by molar-refractivity contribution is -0.136. The van der Waals surface area contributed by atoms with E-state index in [-0.39, 0.29) is 42.1 Å². The molecular weight excluding hydrogens is 504 g/mol. The third-order valence-corrected chi connectivity index (χ3v) is 7.57. The number of nitrogens with zero attached hydrogens (tertiary/aromatic N) is 2. The molecule has 2 amide bonds. The van der Waals surface area contributed by atoms with E-state index in [2.05, 4.69) is 5.32 Å². The number of hydrogen-bond acceptors (Lipinski definition) is 3. The van der Waals surface area contributed by atoms with Gasteiger partial charge in [-0.15, -0.1) is 12.4 Å².